The highest BCUT2D eigenvalue weighted by molar-refractivity contribution is 14.1. The molecule has 0 saturated carbocycles. The number of likely N-dealkylation sites (N-methyl/N-ethyl adjacent to an activating group) is 1. The standard InChI is InChI=1S/C10H17IN4/c1-13-4-6-14(7-5-13)8-9-15-3-2-10(11)12-15/h2-3H,4-9H2,1H3. The minimum atomic E-state index is 1.01. The van der Waals surface area contributed by atoms with Gasteiger partial charge in [0.05, 0.1) is 6.54 Å². The third-order valence-electron chi connectivity index (χ3n) is 2.85. The van der Waals surface area contributed by atoms with E-state index in [0.29, 0.717) is 0 Å². The van der Waals surface area contributed by atoms with Crippen molar-refractivity contribution in [2.75, 3.05) is 39.8 Å². The van der Waals surface area contributed by atoms with Crippen LogP contribution >= 0.6 is 22.6 Å². The van der Waals surface area contributed by atoms with Gasteiger partial charge in [-0.25, -0.2) is 0 Å². The molecule has 0 bridgehead atoms. The van der Waals surface area contributed by atoms with Gasteiger partial charge in [-0.1, -0.05) is 0 Å². The van der Waals surface area contributed by atoms with E-state index in [-0.39, 0.29) is 0 Å². The summed E-state index contributed by atoms with van der Waals surface area (Å²) in [5.74, 6) is 0. The number of halogens is 1. The number of rotatable bonds is 3. The van der Waals surface area contributed by atoms with Gasteiger partial charge in [-0.05, 0) is 35.7 Å². The van der Waals surface area contributed by atoms with E-state index in [4.69, 9.17) is 0 Å². The molecule has 2 heterocycles. The molecule has 5 heteroatoms. The van der Waals surface area contributed by atoms with E-state index in [1.54, 1.807) is 0 Å². The highest BCUT2D eigenvalue weighted by Crippen LogP contribution is 2.01. The van der Waals surface area contributed by atoms with Crippen LogP contribution in [0, 0.1) is 3.70 Å². The molecular weight excluding hydrogens is 303 g/mol. The first-order valence-electron chi connectivity index (χ1n) is 5.34. The smallest absolute Gasteiger partial charge is 0.123 e. The lowest BCUT2D eigenvalue weighted by Crippen LogP contribution is -2.45. The van der Waals surface area contributed by atoms with Crippen molar-refractivity contribution in [1.82, 2.24) is 19.6 Å². The second-order valence-electron chi connectivity index (χ2n) is 4.05. The van der Waals surface area contributed by atoms with E-state index in [1.807, 2.05) is 10.7 Å². The first kappa shape index (κ1) is 11.3. The number of hydrogen-bond donors (Lipinski definition) is 0. The van der Waals surface area contributed by atoms with Gasteiger partial charge >= 0.3 is 0 Å². The highest BCUT2D eigenvalue weighted by atomic mass is 127. The lowest BCUT2D eigenvalue weighted by molar-refractivity contribution is 0.148. The van der Waals surface area contributed by atoms with Crippen molar-refractivity contribution in [3.63, 3.8) is 0 Å². The number of aromatic nitrogens is 2. The first-order chi connectivity index (χ1) is 7.24. The largest absolute Gasteiger partial charge is 0.304 e. The Labute approximate surface area is 104 Å². The molecule has 0 radical (unpaired) electrons. The molecule has 0 aliphatic carbocycles. The van der Waals surface area contributed by atoms with Crippen LogP contribution in [-0.2, 0) is 6.54 Å². The third-order valence-corrected chi connectivity index (χ3v) is 3.42. The predicted octanol–water partition coefficient (Wildman–Crippen LogP) is 0.735. The zero-order valence-corrected chi connectivity index (χ0v) is 11.2. The van der Waals surface area contributed by atoms with E-state index >= 15 is 0 Å². The summed E-state index contributed by atoms with van der Waals surface area (Å²) in [5.41, 5.74) is 0. The van der Waals surface area contributed by atoms with Crippen molar-refractivity contribution in [1.29, 1.82) is 0 Å². The van der Waals surface area contributed by atoms with E-state index in [9.17, 15) is 0 Å². The molecule has 0 atom stereocenters. The Kier molecular flexibility index (Phi) is 3.99. The summed E-state index contributed by atoms with van der Waals surface area (Å²) in [5, 5.41) is 4.38. The Morgan fingerprint density at radius 3 is 2.60 bits per heavy atom. The number of hydrogen-bond acceptors (Lipinski definition) is 3. The molecule has 1 fully saturated rings. The van der Waals surface area contributed by atoms with Gasteiger partial charge in [0.1, 0.15) is 3.70 Å². The molecule has 84 valence electrons. The van der Waals surface area contributed by atoms with E-state index < -0.39 is 0 Å². The molecule has 4 nitrogen and oxygen atoms in total. The molecule has 1 saturated heterocycles. The molecular formula is C10H17IN4. The van der Waals surface area contributed by atoms with Gasteiger partial charge in [-0.15, -0.1) is 0 Å². The fourth-order valence-corrected chi connectivity index (χ4v) is 2.21. The fraction of sp³-hybridized carbons (Fsp3) is 0.700. The molecule has 1 aromatic rings. The molecule has 2 rings (SSSR count). The molecule has 1 aliphatic rings. The summed E-state index contributed by atoms with van der Waals surface area (Å²) >= 11 is 2.25. The molecule has 1 aliphatic heterocycles. The van der Waals surface area contributed by atoms with Crippen LogP contribution in [0.5, 0.6) is 0 Å². The van der Waals surface area contributed by atoms with E-state index in [1.165, 1.54) is 26.2 Å². The van der Waals surface area contributed by atoms with Crippen LogP contribution in [0.3, 0.4) is 0 Å². The van der Waals surface area contributed by atoms with Crippen molar-refractivity contribution < 1.29 is 0 Å². The van der Waals surface area contributed by atoms with Gasteiger partial charge in [0.15, 0.2) is 0 Å². The molecule has 15 heavy (non-hydrogen) atoms. The maximum absolute atomic E-state index is 4.38. The van der Waals surface area contributed by atoms with Gasteiger partial charge < -0.3 is 4.90 Å². The topological polar surface area (TPSA) is 24.3 Å². The monoisotopic (exact) mass is 320 g/mol. The zero-order chi connectivity index (χ0) is 10.7. The van der Waals surface area contributed by atoms with Crippen molar-refractivity contribution >= 4 is 22.6 Å². The normalized spacial score (nSPS) is 19.6. The minimum Gasteiger partial charge on any atom is -0.304 e. The Bertz CT molecular complexity index is 304. The van der Waals surface area contributed by atoms with Crippen LogP contribution in [0.4, 0.5) is 0 Å². The summed E-state index contributed by atoms with van der Waals surface area (Å²) in [7, 11) is 2.19. The molecule has 0 unspecified atom stereocenters. The van der Waals surface area contributed by atoms with Crippen LogP contribution in [0.1, 0.15) is 0 Å². The van der Waals surface area contributed by atoms with Gasteiger partial charge in [0.2, 0.25) is 0 Å². The zero-order valence-electron chi connectivity index (χ0n) is 9.06. The van der Waals surface area contributed by atoms with Crippen molar-refractivity contribution in [2.45, 2.75) is 6.54 Å². The Hall–Kier alpha value is -0.140. The second kappa shape index (κ2) is 5.27. The van der Waals surface area contributed by atoms with Crippen LogP contribution in [-0.4, -0.2) is 59.4 Å². The summed E-state index contributed by atoms with van der Waals surface area (Å²) in [6.45, 7) is 6.88. The van der Waals surface area contributed by atoms with E-state index in [0.717, 1.165) is 16.8 Å². The summed E-state index contributed by atoms with van der Waals surface area (Å²) < 4.78 is 3.10. The van der Waals surface area contributed by atoms with Crippen LogP contribution in [0.25, 0.3) is 0 Å². The number of nitrogens with zero attached hydrogens (tertiary/aromatic N) is 4. The summed E-state index contributed by atoms with van der Waals surface area (Å²) in [4.78, 5) is 4.89. The van der Waals surface area contributed by atoms with Crippen LogP contribution in [0.15, 0.2) is 12.3 Å². The average molecular weight is 320 g/mol. The number of piperazine rings is 1. The average Bonchev–Trinajstić information content (AvgIpc) is 2.64. The van der Waals surface area contributed by atoms with Crippen LogP contribution in [0.2, 0.25) is 0 Å². The fourth-order valence-electron chi connectivity index (χ4n) is 1.78. The van der Waals surface area contributed by atoms with Crippen LogP contribution < -0.4 is 0 Å². The maximum atomic E-state index is 4.38. The third kappa shape index (κ3) is 3.42. The van der Waals surface area contributed by atoms with Gasteiger partial charge in [0.25, 0.3) is 0 Å². The quantitative estimate of drug-likeness (QED) is 0.768. The summed E-state index contributed by atoms with van der Waals surface area (Å²) in [6.07, 6.45) is 2.05. The SMILES string of the molecule is CN1CCN(CCn2ccc(I)n2)CC1. The van der Waals surface area contributed by atoms with Crippen molar-refractivity contribution in [2.24, 2.45) is 0 Å². The van der Waals surface area contributed by atoms with Gasteiger partial charge in [-0.2, -0.15) is 5.10 Å². The minimum absolute atomic E-state index is 1.01. The summed E-state index contributed by atoms with van der Waals surface area (Å²) in [6, 6.07) is 2.05. The van der Waals surface area contributed by atoms with E-state index in [2.05, 4.69) is 50.7 Å². The Morgan fingerprint density at radius 2 is 2.00 bits per heavy atom. The Balaban J connectivity index is 1.74. The molecule has 0 N–H and O–H groups in total. The molecule has 0 spiro atoms. The van der Waals surface area contributed by atoms with Gasteiger partial charge in [0, 0.05) is 38.9 Å². The molecule has 1 aromatic heterocycles. The maximum Gasteiger partial charge on any atom is 0.123 e. The second-order valence-corrected chi connectivity index (χ2v) is 5.15. The molecule has 0 aromatic carbocycles. The lowest BCUT2D eigenvalue weighted by atomic mass is 10.3. The Morgan fingerprint density at radius 1 is 1.27 bits per heavy atom. The van der Waals surface area contributed by atoms with Gasteiger partial charge in [-0.3, -0.25) is 9.58 Å². The van der Waals surface area contributed by atoms with Crippen molar-refractivity contribution in [3.05, 3.63) is 16.0 Å². The predicted molar refractivity (Wildman–Crippen MR) is 68.9 cm³/mol. The lowest BCUT2D eigenvalue weighted by Gasteiger charge is -2.32. The first-order valence-corrected chi connectivity index (χ1v) is 6.42. The highest BCUT2D eigenvalue weighted by Gasteiger charge is 2.13. The van der Waals surface area contributed by atoms with Crippen molar-refractivity contribution in [3.8, 4) is 0 Å². The molecule has 0 amide bonds.